The van der Waals surface area contributed by atoms with Gasteiger partial charge in [0, 0.05) is 24.2 Å². The first-order valence-electron chi connectivity index (χ1n) is 7.46. The van der Waals surface area contributed by atoms with Crippen LogP contribution in [0, 0.1) is 11.6 Å². The number of ether oxygens (including phenoxy) is 3. The van der Waals surface area contributed by atoms with Crippen LogP contribution in [0.15, 0.2) is 36.4 Å². The van der Waals surface area contributed by atoms with Crippen LogP contribution < -0.4 is 19.5 Å². The van der Waals surface area contributed by atoms with E-state index in [9.17, 15) is 18.7 Å². The third-order valence-electron chi connectivity index (χ3n) is 3.41. The number of aliphatic hydroxyl groups excluding tert-OH is 1. The molecular weight excluding hydrogens is 336 g/mol. The average Bonchev–Trinajstić information content (AvgIpc) is 3.04. The number of rotatable bonds is 6. The lowest BCUT2D eigenvalue weighted by Crippen LogP contribution is -2.35. The predicted molar refractivity (Wildman–Crippen MR) is 82.8 cm³/mol. The van der Waals surface area contributed by atoms with Gasteiger partial charge in [-0.05, 0) is 24.3 Å². The lowest BCUT2D eigenvalue weighted by Gasteiger charge is -2.13. The number of aliphatic hydroxyl groups is 1. The molecule has 1 heterocycles. The van der Waals surface area contributed by atoms with Crippen LogP contribution in [0.25, 0.3) is 0 Å². The lowest BCUT2D eigenvalue weighted by atomic mass is 10.2. The molecule has 1 atom stereocenters. The summed E-state index contributed by atoms with van der Waals surface area (Å²) in [6.07, 6.45) is -1.01. The summed E-state index contributed by atoms with van der Waals surface area (Å²) < 4.78 is 42.0. The molecule has 6 nitrogen and oxygen atoms in total. The molecule has 2 aromatic rings. The second-order valence-corrected chi connectivity index (χ2v) is 5.35. The molecule has 0 aromatic heterocycles. The molecule has 8 heteroatoms. The van der Waals surface area contributed by atoms with Gasteiger partial charge >= 0.3 is 0 Å². The molecule has 0 bridgehead atoms. The molecule has 0 radical (unpaired) electrons. The van der Waals surface area contributed by atoms with Crippen molar-refractivity contribution in [1.29, 1.82) is 0 Å². The number of nitrogens with one attached hydrogen (secondary N) is 1. The smallest absolute Gasteiger partial charge is 0.251 e. The Balaban J connectivity index is 1.47. The molecule has 2 N–H and O–H groups in total. The van der Waals surface area contributed by atoms with Crippen molar-refractivity contribution in [3.63, 3.8) is 0 Å². The predicted octanol–water partition coefficient (Wildman–Crippen LogP) is 1.86. The molecule has 0 fully saturated rings. The largest absolute Gasteiger partial charge is 0.491 e. The van der Waals surface area contributed by atoms with E-state index >= 15 is 0 Å². The van der Waals surface area contributed by atoms with Crippen molar-refractivity contribution in [2.75, 3.05) is 19.9 Å². The summed E-state index contributed by atoms with van der Waals surface area (Å²) in [5, 5.41) is 12.2. The van der Waals surface area contributed by atoms with E-state index < -0.39 is 23.6 Å². The van der Waals surface area contributed by atoms with Crippen LogP contribution in [0.3, 0.4) is 0 Å². The molecule has 1 amide bonds. The number of amides is 1. The van der Waals surface area contributed by atoms with Crippen LogP contribution in [0.1, 0.15) is 10.4 Å². The number of benzene rings is 2. The van der Waals surface area contributed by atoms with Gasteiger partial charge in [-0.1, -0.05) is 0 Å². The number of hydrogen-bond acceptors (Lipinski definition) is 5. The average molecular weight is 351 g/mol. The van der Waals surface area contributed by atoms with Crippen molar-refractivity contribution < 1.29 is 32.9 Å². The third kappa shape index (κ3) is 4.36. The topological polar surface area (TPSA) is 77.0 Å². The second kappa shape index (κ2) is 7.35. The first-order valence-corrected chi connectivity index (χ1v) is 7.46. The Morgan fingerprint density at radius 2 is 1.88 bits per heavy atom. The van der Waals surface area contributed by atoms with Gasteiger partial charge in [0.25, 0.3) is 5.91 Å². The van der Waals surface area contributed by atoms with E-state index in [-0.39, 0.29) is 25.5 Å². The fraction of sp³-hybridized carbons (Fsp3) is 0.235. The molecule has 0 spiro atoms. The summed E-state index contributed by atoms with van der Waals surface area (Å²) in [7, 11) is 0. The van der Waals surface area contributed by atoms with Gasteiger partial charge in [-0.2, -0.15) is 0 Å². The van der Waals surface area contributed by atoms with Gasteiger partial charge in [-0.25, -0.2) is 8.78 Å². The first-order chi connectivity index (χ1) is 12.0. The summed E-state index contributed by atoms with van der Waals surface area (Å²) in [6, 6.07) is 7.47. The number of fused-ring (bicyclic) bond motifs is 1. The SMILES string of the molecule is O=C(NCC(O)COc1ccc2c(c1)OCO2)c1cc(F)cc(F)c1. The molecule has 0 saturated heterocycles. The van der Waals surface area contributed by atoms with Crippen LogP contribution in [-0.2, 0) is 0 Å². The van der Waals surface area contributed by atoms with Crippen LogP contribution in [0.5, 0.6) is 17.2 Å². The summed E-state index contributed by atoms with van der Waals surface area (Å²) in [4.78, 5) is 11.8. The first kappa shape index (κ1) is 17.0. The van der Waals surface area contributed by atoms with E-state index in [0.29, 0.717) is 23.3 Å². The summed E-state index contributed by atoms with van der Waals surface area (Å²) in [5.41, 5.74) is -0.165. The van der Waals surface area contributed by atoms with Gasteiger partial charge in [-0.15, -0.1) is 0 Å². The molecule has 1 unspecified atom stereocenters. The molecular formula is C17H15F2NO5. The van der Waals surface area contributed by atoms with Crippen LogP contribution in [0.4, 0.5) is 8.78 Å². The highest BCUT2D eigenvalue weighted by molar-refractivity contribution is 5.94. The van der Waals surface area contributed by atoms with E-state index in [1.807, 2.05) is 0 Å². The molecule has 3 rings (SSSR count). The van der Waals surface area contributed by atoms with Crippen molar-refractivity contribution in [2.45, 2.75) is 6.10 Å². The van der Waals surface area contributed by atoms with Crippen molar-refractivity contribution in [1.82, 2.24) is 5.32 Å². The fourth-order valence-electron chi connectivity index (χ4n) is 2.22. The van der Waals surface area contributed by atoms with Gasteiger partial charge in [0.2, 0.25) is 6.79 Å². The summed E-state index contributed by atoms with van der Waals surface area (Å²) in [6.45, 7) is -0.0763. The minimum absolute atomic E-state index is 0.0859. The Kier molecular flexibility index (Phi) is 4.99. The van der Waals surface area contributed by atoms with E-state index in [2.05, 4.69) is 5.32 Å². The fourth-order valence-corrected chi connectivity index (χ4v) is 2.22. The Morgan fingerprint density at radius 3 is 2.64 bits per heavy atom. The van der Waals surface area contributed by atoms with Gasteiger partial charge in [-0.3, -0.25) is 4.79 Å². The van der Waals surface area contributed by atoms with Gasteiger partial charge in [0.05, 0.1) is 0 Å². The number of hydrogen-bond donors (Lipinski definition) is 2. The van der Waals surface area contributed by atoms with E-state index in [1.54, 1.807) is 18.2 Å². The quantitative estimate of drug-likeness (QED) is 0.831. The van der Waals surface area contributed by atoms with Crippen LogP contribution in [0.2, 0.25) is 0 Å². The normalized spacial score (nSPS) is 13.4. The number of halogens is 2. The van der Waals surface area contributed by atoms with E-state index in [4.69, 9.17) is 14.2 Å². The molecule has 1 aliphatic heterocycles. The zero-order valence-corrected chi connectivity index (χ0v) is 13.0. The lowest BCUT2D eigenvalue weighted by molar-refractivity contribution is 0.0843. The number of carbonyl (C=O) groups excluding carboxylic acids is 1. The van der Waals surface area contributed by atoms with E-state index in [1.165, 1.54) is 0 Å². The maximum absolute atomic E-state index is 13.1. The Bertz CT molecular complexity index is 763. The molecule has 132 valence electrons. The highest BCUT2D eigenvalue weighted by atomic mass is 19.1. The highest BCUT2D eigenvalue weighted by Crippen LogP contribution is 2.35. The molecule has 2 aromatic carbocycles. The Morgan fingerprint density at radius 1 is 1.16 bits per heavy atom. The van der Waals surface area contributed by atoms with Crippen LogP contribution >= 0.6 is 0 Å². The van der Waals surface area contributed by atoms with Crippen molar-refractivity contribution in [3.8, 4) is 17.2 Å². The maximum atomic E-state index is 13.1. The minimum Gasteiger partial charge on any atom is -0.491 e. The second-order valence-electron chi connectivity index (χ2n) is 5.35. The van der Waals surface area contributed by atoms with Crippen molar-refractivity contribution in [2.24, 2.45) is 0 Å². The van der Waals surface area contributed by atoms with Gasteiger partial charge < -0.3 is 24.6 Å². The number of carbonyl (C=O) groups is 1. The van der Waals surface area contributed by atoms with Crippen LogP contribution in [-0.4, -0.2) is 37.1 Å². The Hall–Kier alpha value is -2.87. The van der Waals surface area contributed by atoms with Crippen molar-refractivity contribution in [3.05, 3.63) is 53.6 Å². The van der Waals surface area contributed by atoms with E-state index in [0.717, 1.165) is 12.1 Å². The zero-order chi connectivity index (χ0) is 17.8. The Labute approximate surface area is 141 Å². The molecule has 25 heavy (non-hydrogen) atoms. The summed E-state index contributed by atoms with van der Waals surface area (Å²) in [5.74, 6) is -0.757. The molecule has 0 aliphatic carbocycles. The molecule has 0 saturated carbocycles. The monoisotopic (exact) mass is 351 g/mol. The summed E-state index contributed by atoms with van der Waals surface area (Å²) >= 11 is 0. The third-order valence-corrected chi connectivity index (χ3v) is 3.41. The maximum Gasteiger partial charge on any atom is 0.251 e. The molecule has 1 aliphatic rings. The standard InChI is InChI=1S/C17H15F2NO5/c18-11-3-10(4-12(19)5-11)17(22)20-7-13(21)8-23-14-1-2-15-16(6-14)25-9-24-15/h1-6,13,21H,7-9H2,(H,20,22). The minimum atomic E-state index is -1.01. The van der Waals surface area contributed by atoms with Gasteiger partial charge in [0.1, 0.15) is 30.1 Å². The zero-order valence-electron chi connectivity index (χ0n) is 13.0. The highest BCUT2D eigenvalue weighted by Gasteiger charge is 2.15. The van der Waals surface area contributed by atoms with Crippen molar-refractivity contribution >= 4 is 5.91 Å². The van der Waals surface area contributed by atoms with Gasteiger partial charge in [0.15, 0.2) is 11.5 Å².